The molecule has 7 heteroatoms. The maximum absolute atomic E-state index is 12.9. The number of nitrogens with zero attached hydrogens (tertiary/aromatic N) is 5. The van der Waals surface area contributed by atoms with Crippen molar-refractivity contribution >= 4 is 17.5 Å². The topological polar surface area (TPSA) is 69.6 Å². The molecular formula is C20H23N5O2. The number of hydrogen-bond donors (Lipinski definition) is 0. The van der Waals surface area contributed by atoms with E-state index in [4.69, 9.17) is 0 Å². The lowest BCUT2D eigenvalue weighted by Crippen LogP contribution is -2.50. The van der Waals surface area contributed by atoms with E-state index in [0.717, 1.165) is 24.5 Å². The van der Waals surface area contributed by atoms with Crippen LogP contribution in [0.4, 0.5) is 5.69 Å². The van der Waals surface area contributed by atoms with Crippen molar-refractivity contribution in [3.05, 3.63) is 54.6 Å². The Morgan fingerprint density at radius 3 is 2.52 bits per heavy atom. The third-order valence-corrected chi connectivity index (χ3v) is 5.26. The molecule has 0 aromatic carbocycles. The van der Waals surface area contributed by atoms with Crippen LogP contribution in [0.1, 0.15) is 12.1 Å². The summed E-state index contributed by atoms with van der Waals surface area (Å²) in [5.74, 6) is -0.107. The molecule has 2 aromatic rings. The summed E-state index contributed by atoms with van der Waals surface area (Å²) in [6, 6.07) is 9.65. The number of piperazine rings is 1. The predicted molar refractivity (Wildman–Crippen MR) is 101 cm³/mol. The van der Waals surface area contributed by atoms with Gasteiger partial charge in [0.05, 0.1) is 18.2 Å². The number of likely N-dealkylation sites (tertiary alicyclic amines) is 1. The van der Waals surface area contributed by atoms with Gasteiger partial charge in [0.15, 0.2) is 0 Å². The molecule has 140 valence electrons. The summed E-state index contributed by atoms with van der Waals surface area (Å²) in [7, 11) is 0. The number of carbonyl (C=O) groups is 2. The van der Waals surface area contributed by atoms with Crippen LogP contribution in [0.3, 0.4) is 0 Å². The van der Waals surface area contributed by atoms with Crippen molar-refractivity contribution in [3.63, 3.8) is 0 Å². The molecule has 2 amide bonds. The van der Waals surface area contributed by atoms with Crippen LogP contribution in [0.5, 0.6) is 0 Å². The van der Waals surface area contributed by atoms with E-state index in [9.17, 15) is 9.59 Å². The summed E-state index contributed by atoms with van der Waals surface area (Å²) in [5, 5.41) is 0. The highest BCUT2D eigenvalue weighted by molar-refractivity contribution is 5.89. The molecule has 0 saturated carbocycles. The molecule has 7 nitrogen and oxygen atoms in total. The van der Waals surface area contributed by atoms with Gasteiger partial charge in [-0.2, -0.15) is 0 Å². The van der Waals surface area contributed by atoms with Gasteiger partial charge in [0, 0.05) is 63.4 Å². The zero-order valence-electron chi connectivity index (χ0n) is 15.2. The molecule has 1 atom stereocenters. The highest BCUT2D eigenvalue weighted by Crippen LogP contribution is 2.23. The molecule has 0 N–H and O–H groups in total. The average Bonchev–Trinajstić information content (AvgIpc) is 3.09. The molecule has 2 aromatic heterocycles. The SMILES string of the molecule is O=C1C[C@H](C(=O)N2CCN(c3ccncc3)CC2)CN1Cc1ccccn1. The Kier molecular flexibility index (Phi) is 5.00. The van der Waals surface area contributed by atoms with Crippen molar-refractivity contribution < 1.29 is 9.59 Å². The molecule has 4 heterocycles. The van der Waals surface area contributed by atoms with E-state index in [1.807, 2.05) is 35.2 Å². The lowest BCUT2D eigenvalue weighted by atomic mass is 10.1. The molecule has 2 aliphatic rings. The number of pyridine rings is 2. The van der Waals surface area contributed by atoms with Gasteiger partial charge in [0.25, 0.3) is 0 Å². The van der Waals surface area contributed by atoms with Crippen molar-refractivity contribution in [3.8, 4) is 0 Å². The number of carbonyl (C=O) groups excluding carboxylic acids is 2. The van der Waals surface area contributed by atoms with E-state index in [2.05, 4.69) is 14.9 Å². The molecule has 4 rings (SSSR count). The highest BCUT2D eigenvalue weighted by Gasteiger charge is 2.37. The van der Waals surface area contributed by atoms with Gasteiger partial charge in [0.2, 0.25) is 11.8 Å². The largest absolute Gasteiger partial charge is 0.368 e. The molecule has 0 radical (unpaired) electrons. The average molecular weight is 365 g/mol. The maximum atomic E-state index is 12.9. The Morgan fingerprint density at radius 1 is 1.04 bits per heavy atom. The van der Waals surface area contributed by atoms with E-state index >= 15 is 0 Å². The van der Waals surface area contributed by atoms with Gasteiger partial charge in [-0.25, -0.2) is 0 Å². The van der Waals surface area contributed by atoms with Crippen molar-refractivity contribution in [2.24, 2.45) is 5.92 Å². The van der Waals surface area contributed by atoms with Crippen LogP contribution in [0.2, 0.25) is 0 Å². The molecule has 0 spiro atoms. The predicted octanol–water partition coefficient (Wildman–Crippen LogP) is 1.17. The van der Waals surface area contributed by atoms with Crippen LogP contribution in [-0.4, -0.2) is 64.3 Å². The number of anilines is 1. The van der Waals surface area contributed by atoms with Crippen molar-refractivity contribution in [1.29, 1.82) is 0 Å². The van der Waals surface area contributed by atoms with Crippen molar-refractivity contribution in [2.45, 2.75) is 13.0 Å². The van der Waals surface area contributed by atoms with E-state index in [-0.39, 0.29) is 17.7 Å². The highest BCUT2D eigenvalue weighted by atomic mass is 16.2. The van der Waals surface area contributed by atoms with Crippen LogP contribution in [0, 0.1) is 5.92 Å². The molecule has 2 fully saturated rings. The molecule has 0 aliphatic carbocycles. The minimum atomic E-state index is -0.242. The Morgan fingerprint density at radius 2 is 1.81 bits per heavy atom. The van der Waals surface area contributed by atoms with Gasteiger partial charge < -0.3 is 14.7 Å². The number of rotatable bonds is 4. The second-order valence-corrected chi connectivity index (χ2v) is 7.01. The maximum Gasteiger partial charge on any atom is 0.228 e. The quantitative estimate of drug-likeness (QED) is 0.814. The second kappa shape index (κ2) is 7.73. The van der Waals surface area contributed by atoms with Gasteiger partial charge in [-0.1, -0.05) is 6.07 Å². The van der Waals surface area contributed by atoms with E-state index in [1.54, 1.807) is 23.5 Å². The lowest BCUT2D eigenvalue weighted by molar-refractivity contribution is -0.136. The second-order valence-electron chi connectivity index (χ2n) is 7.01. The fourth-order valence-electron chi connectivity index (χ4n) is 3.78. The zero-order valence-corrected chi connectivity index (χ0v) is 15.2. The molecular weight excluding hydrogens is 342 g/mol. The minimum absolute atomic E-state index is 0.0365. The van der Waals surface area contributed by atoms with Crippen LogP contribution >= 0.6 is 0 Å². The Labute approximate surface area is 158 Å². The van der Waals surface area contributed by atoms with Gasteiger partial charge in [0.1, 0.15) is 0 Å². The van der Waals surface area contributed by atoms with Crippen LogP contribution in [0.25, 0.3) is 0 Å². The van der Waals surface area contributed by atoms with Gasteiger partial charge >= 0.3 is 0 Å². The number of aromatic nitrogens is 2. The van der Waals surface area contributed by atoms with Crippen LogP contribution in [0.15, 0.2) is 48.9 Å². The molecule has 2 aliphatic heterocycles. The van der Waals surface area contributed by atoms with Crippen LogP contribution < -0.4 is 4.90 Å². The number of hydrogen-bond acceptors (Lipinski definition) is 5. The monoisotopic (exact) mass is 365 g/mol. The van der Waals surface area contributed by atoms with Gasteiger partial charge in [-0.05, 0) is 24.3 Å². The summed E-state index contributed by atoms with van der Waals surface area (Å²) >= 11 is 0. The summed E-state index contributed by atoms with van der Waals surface area (Å²) in [5.41, 5.74) is 1.99. The van der Waals surface area contributed by atoms with E-state index in [0.29, 0.717) is 32.6 Å². The smallest absolute Gasteiger partial charge is 0.228 e. The third kappa shape index (κ3) is 3.92. The third-order valence-electron chi connectivity index (χ3n) is 5.26. The number of amides is 2. The summed E-state index contributed by atoms with van der Waals surface area (Å²) < 4.78 is 0. The van der Waals surface area contributed by atoms with E-state index < -0.39 is 0 Å². The van der Waals surface area contributed by atoms with Crippen molar-refractivity contribution in [1.82, 2.24) is 19.8 Å². The molecule has 0 bridgehead atoms. The first-order valence-corrected chi connectivity index (χ1v) is 9.32. The Bertz CT molecular complexity index is 791. The normalized spacial score (nSPS) is 20.2. The van der Waals surface area contributed by atoms with Crippen molar-refractivity contribution in [2.75, 3.05) is 37.6 Å². The molecule has 27 heavy (non-hydrogen) atoms. The zero-order chi connectivity index (χ0) is 18.6. The first-order chi connectivity index (χ1) is 13.2. The van der Waals surface area contributed by atoms with Crippen LogP contribution in [-0.2, 0) is 16.1 Å². The fourth-order valence-corrected chi connectivity index (χ4v) is 3.78. The standard InChI is InChI=1S/C20H23N5O2/c26-19-13-16(14-25(19)15-17-3-1-2-6-22-17)20(27)24-11-9-23(10-12-24)18-4-7-21-8-5-18/h1-8,16H,9-15H2/t16-/m0/s1. The Hall–Kier alpha value is -2.96. The summed E-state index contributed by atoms with van der Waals surface area (Å²) in [4.78, 5) is 39.5. The van der Waals surface area contributed by atoms with Gasteiger partial charge in [-0.3, -0.25) is 19.6 Å². The molecule has 2 saturated heterocycles. The lowest BCUT2D eigenvalue weighted by Gasteiger charge is -2.37. The first-order valence-electron chi connectivity index (χ1n) is 9.32. The summed E-state index contributed by atoms with van der Waals surface area (Å²) in [6.45, 7) is 3.93. The summed E-state index contributed by atoms with van der Waals surface area (Å²) in [6.07, 6.45) is 5.59. The molecule has 0 unspecified atom stereocenters. The Balaban J connectivity index is 1.32. The van der Waals surface area contributed by atoms with E-state index in [1.165, 1.54) is 0 Å². The minimum Gasteiger partial charge on any atom is -0.368 e. The fraction of sp³-hybridized carbons (Fsp3) is 0.400. The van der Waals surface area contributed by atoms with Gasteiger partial charge in [-0.15, -0.1) is 0 Å². The first kappa shape index (κ1) is 17.5.